The quantitative estimate of drug-likeness (QED) is 0.705. The zero-order chi connectivity index (χ0) is 13.6. The number of rotatable bonds is 8. The Bertz CT molecular complexity index is 459. The molecule has 0 aliphatic heterocycles. The Hall–Kier alpha value is -0.990. The molecule has 0 unspecified atom stereocenters. The fourth-order valence-corrected chi connectivity index (χ4v) is 2.18. The van der Waals surface area contributed by atoms with Gasteiger partial charge in [-0.15, -0.1) is 0 Å². The topological polar surface area (TPSA) is 71.3 Å². The summed E-state index contributed by atoms with van der Waals surface area (Å²) in [7, 11) is -3.99. The largest absolute Gasteiger partial charge is 0.447 e. The van der Waals surface area contributed by atoms with E-state index in [-0.39, 0.29) is 5.09 Å². The number of hydrogen-bond donors (Lipinski definition) is 2. The highest BCUT2D eigenvalue weighted by molar-refractivity contribution is 7.89. The molecule has 0 radical (unpaired) electrons. The molecule has 0 atom stereocenters. The third-order valence-electron chi connectivity index (χ3n) is 2.06. The van der Waals surface area contributed by atoms with E-state index in [0.29, 0.717) is 12.3 Å². The number of halogens is 2. The summed E-state index contributed by atoms with van der Waals surface area (Å²) < 4.78 is 53.7. The van der Waals surface area contributed by atoms with E-state index in [9.17, 15) is 17.2 Å². The van der Waals surface area contributed by atoms with E-state index < -0.39 is 23.0 Å². The van der Waals surface area contributed by atoms with E-state index in [1.165, 1.54) is 12.1 Å². The van der Waals surface area contributed by atoms with E-state index in [4.69, 9.17) is 4.42 Å². The molecular weight excluding hydrogens is 266 g/mol. The second kappa shape index (κ2) is 6.81. The van der Waals surface area contributed by atoms with Gasteiger partial charge in [0, 0.05) is 0 Å². The number of nitrogens with one attached hydrogen (secondary N) is 2. The summed E-state index contributed by atoms with van der Waals surface area (Å²) in [5.41, 5.74) is 0. The maximum absolute atomic E-state index is 11.9. The van der Waals surface area contributed by atoms with E-state index in [1.807, 2.05) is 6.92 Å². The van der Waals surface area contributed by atoms with Crippen molar-refractivity contribution in [3.8, 4) is 0 Å². The van der Waals surface area contributed by atoms with Crippen LogP contribution < -0.4 is 10.0 Å². The minimum Gasteiger partial charge on any atom is -0.447 e. The first kappa shape index (κ1) is 15.1. The summed E-state index contributed by atoms with van der Waals surface area (Å²) in [6, 6.07) is 2.75. The standard InChI is InChI=1S/C10H16F2N2O3S/c1-2-5-13-6-8-3-4-10(17-8)18(15,16)14-7-9(11)12/h3-4,9,13-14H,2,5-7H2,1H3. The number of furan rings is 1. The van der Waals surface area contributed by atoms with Crippen LogP contribution in [0.3, 0.4) is 0 Å². The van der Waals surface area contributed by atoms with Crippen molar-refractivity contribution in [2.45, 2.75) is 31.4 Å². The average molecular weight is 282 g/mol. The Balaban J connectivity index is 2.60. The molecule has 0 saturated carbocycles. The predicted octanol–water partition coefficient (Wildman–Crippen LogP) is 1.32. The van der Waals surface area contributed by atoms with Crippen LogP contribution in [0, 0.1) is 0 Å². The van der Waals surface area contributed by atoms with Crippen molar-refractivity contribution in [1.29, 1.82) is 0 Å². The summed E-state index contributed by atoms with van der Waals surface area (Å²) in [5.74, 6) is 0.445. The highest BCUT2D eigenvalue weighted by Gasteiger charge is 2.20. The molecule has 1 rings (SSSR count). The molecule has 0 aliphatic rings. The van der Waals surface area contributed by atoms with Gasteiger partial charge in [0.15, 0.2) is 0 Å². The first-order chi connectivity index (χ1) is 8.45. The van der Waals surface area contributed by atoms with Crippen molar-refractivity contribution >= 4 is 10.0 Å². The third-order valence-corrected chi connectivity index (χ3v) is 3.35. The minimum absolute atomic E-state index is 0.351. The lowest BCUT2D eigenvalue weighted by Crippen LogP contribution is -2.28. The highest BCUT2D eigenvalue weighted by Crippen LogP contribution is 2.13. The fraction of sp³-hybridized carbons (Fsp3) is 0.600. The van der Waals surface area contributed by atoms with E-state index >= 15 is 0 Å². The van der Waals surface area contributed by atoms with Crippen molar-refractivity contribution in [1.82, 2.24) is 10.0 Å². The molecule has 0 aromatic carbocycles. The van der Waals surface area contributed by atoms with Crippen molar-refractivity contribution in [3.05, 3.63) is 17.9 Å². The van der Waals surface area contributed by atoms with Crippen LogP contribution in [0.2, 0.25) is 0 Å². The monoisotopic (exact) mass is 282 g/mol. The van der Waals surface area contributed by atoms with Crippen LogP contribution >= 0.6 is 0 Å². The molecule has 1 aromatic rings. The van der Waals surface area contributed by atoms with Gasteiger partial charge in [-0.3, -0.25) is 0 Å². The first-order valence-electron chi connectivity index (χ1n) is 5.53. The van der Waals surface area contributed by atoms with Gasteiger partial charge in [-0.1, -0.05) is 6.92 Å². The molecule has 1 heterocycles. The molecular formula is C10H16F2N2O3S. The van der Waals surface area contributed by atoms with Gasteiger partial charge in [0.1, 0.15) is 5.76 Å². The van der Waals surface area contributed by atoms with Gasteiger partial charge in [-0.2, -0.15) is 0 Å². The van der Waals surface area contributed by atoms with Crippen LogP contribution in [0.15, 0.2) is 21.6 Å². The van der Waals surface area contributed by atoms with Gasteiger partial charge in [-0.25, -0.2) is 21.9 Å². The Morgan fingerprint density at radius 2 is 2.11 bits per heavy atom. The SMILES string of the molecule is CCCNCc1ccc(S(=O)(=O)NCC(F)F)o1. The van der Waals surface area contributed by atoms with Crippen molar-refractivity contribution in [2.24, 2.45) is 0 Å². The summed E-state index contributed by atoms with van der Waals surface area (Å²) in [5, 5.41) is 2.69. The summed E-state index contributed by atoms with van der Waals surface area (Å²) in [4.78, 5) is 0. The van der Waals surface area contributed by atoms with Crippen LogP contribution in [0.5, 0.6) is 0 Å². The molecule has 104 valence electrons. The molecule has 2 N–H and O–H groups in total. The molecule has 1 aromatic heterocycles. The molecule has 18 heavy (non-hydrogen) atoms. The second-order valence-electron chi connectivity index (χ2n) is 3.64. The number of sulfonamides is 1. The first-order valence-corrected chi connectivity index (χ1v) is 7.01. The maximum Gasteiger partial charge on any atom is 0.274 e. The normalized spacial score (nSPS) is 12.2. The van der Waals surface area contributed by atoms with Crippen LogP contribution in [0.1, 0.15) is 19.1 Å². The highest BCUT2D eigenvalue weighted by atomic mass is 32.2. The fourth-order valence-electron chi connectivity index (χ4n) is 1.23. The Morgan fingerprint density at radius 3 is 2.72 bits per heavy atom. The van der Waals surface area contributed by atoms with E-state index in [0.717, 1.165) is 13.0 Å². The molecule has 0 spiro atoms. The van der Waals surface area contributed by atoms with Gasteiger partial charge in [0.05, 0.1) is 13.1 Å². The van der Waals surface area contributed by atoms with Gasteiger partial charge in [-0.05, 0) is 25.1 Å². The Labute approximate surface area is 105 Å². The van der Waals surface area contributed by atoms with Gasteiger partial charge in [0.25, 0.3) is 16.4 Å². The smallest absolute Gasteiger partial charge is 0.274 e. The second-order valence-corrected chi connectivity index (χ2v) is 5.34. The predicted molar refractivity (Wildman–Crippen MR) is 61.9 cm³/mol. The lowest BCUT2D eigenvalue weighted by atomic mass is 10.4. The molecule has 0 aliphatic carbocycles. The lowest BCUT2D eigenvalue weighted by Gasteiger charge is -2.03. The minimum atomic E-state index is -3.99. The van der Waals surface area contributed by atoms with Crippen molar-refractivity contribution in [2.75, 3.05) is 13.1 Å². The molecule has 5 nitrogen and oxygen atoms in total. The van der Waals surface area contributed by atoms with E-state index in [2.05, 4.69) is 5.32 Å². The zero-order valence-electron chi connectivity index (χ0n) is 9.95. The van der Waals surface area contributed by atoms with Crippen LogP contribution in [-0.4, -0.2) is 27.9 Å². The average Bonchev–Trinajstić information content (AvgIpc) is 2.76. The number of alkyl halides is 2. The number of hydrogen-bond acceptors (Lipinski definition) is 4. The molecule has 0 amide bonds. The van der Waals surface area contributed by atoms with Gasteiger partial charge >= 0.3 is 0 Å². The van der Waals surface area contributed by atoms with Crippen molar-refractivity contribution in [3.63, 3.8) is 0 Å². The molecule has 0 bridgehead atoms. The molecule has 0 saturated heterocycles. The third kappa shape index (κ3) is 4.71. The summed E-state index contributed by atoms with van der Waals surface area (Å²) in [6.45, 7) is 2.26. The van der Waals surface area contributed by atoms with Gasteiger partial charge < -0.3 is 9.73 Å². The Morgan fingerprint density at radius 1 is 1.39 bits per heavy atom. The zero-order valence-corrected chi connectivity index (χ0v) is 10.8. The maximum atomic E-state index is 11.9. The lowest BCUT2D eigenvalue weighted by molar-refractivity contribution is 0.153. The van der Waals surface area contributed by atoms with Crippen molar-refractivity contribution < 1.29 is 21.6 Å². The van der Waals surface area contributed by atoms with Crippen LogP contribution in [0.4, 0.5) is 8.78 Å². The van der Waals surface area contributed by atoms with Crippen LogP contribution in [0.25, 0.3) is 0 Å². The summed E-state index contributed by atoms with van der Waals surface area (Å²) >= 11 is 0. The molecule has 8 heteroatoms. The summed E-state index contributed by atoms with van der Waals surface area (Å²) in [6.07, 6.45) is -1.79. The molecule has 0 fully saturated rings. The van der Waals surface area contributed by atoms with E-state index in [1.54, 1.807) is 4.72 Å². The van der Waals surface area contributed by atoms with Crippen LogP contribution in [-0.2, 0) is 16.6 Å². The Kier molecular flexibility index (Phi) is 5.70. The van der Waals surface area contributed by atoms with Gasteiger partial charge in [0.2, 0.25) is 5.09 Å².